The van der Waals surface area contributed by atoms with Gasteiger partial charge in [-0.1, -0.05) is 145 Å². The molecule has 2 N–H and O–H groups in total. The number of aromatic nitrogens is 2. The fraction of sp³-hybridized carbons (Fsp3) is 0.0263. The quantitative estimate of drug-likeness (QED) is 0.211. The van der Waals surface area contributed by atoms with Crippen molar-refractivity contribution in [3.05, 3.63) is 157 Å². The topological polar surface area (TPSA) is 54.8 Å². The molecule has 0 fully saturated rings. The highest BCUT2D eigenvalue weighted by molar-refractivity contribution is 8.14. The zero-order valence-electron chi connectivity index (χ0n) is 23.3. The summed E-state index contributed by atoms with van der Waals surface area (Å²) in [5, 5.41) is 10.7. The van der Waals surface area contributed by atoms with Crippen molar-refractivity contribution >= 4 is 38.4 Å². The molecule has 7 aromatic rings. The number of hydrogen-bond acceptors (Lipinski definition) is 4. The Kier molecular flexibility index (Phi) is 6.52. The number of nitrogens with two attached hydrogens (primary N) is 1. The van der Waals surface area contributed by atoms with E-state index < -0.39 is 0 Å². The van der Waals surface area contributed by atoms with Crippen molar-refractivity contribution in [1.82, 2.24) is 9.97 Å². The van der Waals surface area contributed by atoms with E-state index in [4.69, 9.17) is 15.1 Å². The molecule has 1 aliphatic heterocycles. The predicted octanol–water partition coefficient (Wildman–Crippen LogP) is 8.45. The maximum absolute atomic E-state index is 5.18. The van der Waals surface area contributed by atoms with Crippen LogP contribution in [0.1, 0.15) is 16.5 Å². The van der Waals surface area contributed by atoms with Crippen LogP contribution in [0.25, 0.3) is 55.4 Å². The zero-order valence-corrected chi connectivity index (χ0v) is 24.1. The summed E-state index contributed by atoms with van der Waals surface area (Å²) >= 11 is 1.79. The Hall–Kier alpha value is -5.10. The highest BCUT2D eigenvalue weighted by Gasteiger charge is 2.26. The van der Waals surface area contributed by atoms with E-state index in [0.717, 1.165) is 49.9 Å². The summed E-state index contributed by atoms with van der Waals surface area (Å²) in [7, 11) is 0. The molecule has 1 aliphatic rings. The molecule has 2 heterocycles. The molecule has 0 bridgehead atoms. The van der Waals surface area contributed by atoms with Gasteiger partial charge < -0.3 is 0 Å². The van der Waals surface area contributed by atoms with Crippen molar-refractivity contribution in [3.8, 4) is 33.9 Å². The van der Waals surface area contributed by atoms with Crippen LogP contribution < -0.4 is 5.43 Å². The average molecular weight is 572 g/mol. The lowest BCUT2D eigenvalue weighted by atomic mass is 9.99. The second-order valence-electron chi connectivity index (χ2n) is 10.6. The van der Waals surface area contributed by atoms with Gasteiger partial charge in [-0.15, -0.1) is 0 Å². The molecular weight excluding hydrogens is 545 g/mol. The van der Waals surface area contributed by atoms with Gasteiger partial charge in [0.05, 0.1) is 11.4 Å². The van der Waals surface area contributed by atoms with Crippen LogP contribution in [0.2, 0.25) is 0 Å². The van der Waals surface area contributed by atoms with Crippen molar-refractivity contribution in [2.75, 3.05) is 0 Å². The normalized spacial score (nSPS) is 14.7. The van der Waals surface area contributed by atoms with Gasteiger partial charge in [-0.2, -0.15) is 0 Å². The number of quaternary nitrogens is 1. The average Bonchev–Trinajstić information content (AvgIpc) is 3.59. The number of nitrogens with zero attached hydrogens (tertiary/aromatic N) is 3. The molecular formula is C38H27N4S+. The molecule has 0 saturated carbocycles. The Labute approximate surface area is 254 Å². The minimum Gasteiger partial charge on any atom is -0.228 e. The van der Waals surface area contributed by atoms with Gasteiger partial charge >= 0.3 is 0 Å². The first kappa shape index (κ1) is 25.6. The first-order chi connectivity index (χ1) is 21.3. The van der Waals surface area contributed by atoms with Crippen LogP contribution in [0.5, 0.6) is 0 Å². The Bertz CT molecular complexity index is 2030. The monoisotopic (exact) mass is 571 g/mol. The Morgan fingerprint density at radius 3 is 1.86 bits per heavy atom. The first-order valence-corrected chi connectivity index (χ1v) is 15.3. The van der Waals surface area contributed by atoms with Crippen LogP contribution >= 0.6 is 11.8 Å². The van der Waals surface area contributed by atoms with Crippen molar-refractivity contribution in [2.45, 2.75) is 5.37 Å². The molecule has 0 amide bonds. The Morgan fingerprint density at radius 2 is 1.12 bits per heavy atom. The number of benzene rings is 6. The summed E-state index contributed by atoms with van der Waals surface area (Å²) in [4.78, 5) is 10.3. The van der Waals surface area contributed by atoms with Gasteiger partial charge in [-0.25, -0.2) is 15.4 Å². The van der Waals surface area contributed by atoms with E-state index in [9.17, 15) is 0 Å². The second kappa shape index (κ2) is 11.0. The van der Waals surface area contributed by atoms with E-state index in [1.165, 1.54) is 21.7 Å². The SMILES string of the molecule is c1ccc(C2=N[NH2+]C(c3ccc(-c4cc(-c5cccc6ccccc56)nc(-c5cccc6ccccc56)n4)cc3)S2)cc1. The predicted molar refractivity (Wildman–Crippen MR) is 179 cm³/mol. The van der Waals surface area contributed by atoms with E-state index in [1.807, 2.05) is 11.5 Å². The highest BCUT2D eigenvalue weighted by atomic mass is 32.2. The number of fused-ring (bicyclic) bond motifs is 2. The number of hydrogen-bond donors (Lipinski definition) is 1. The van der Waals surface area contributed by atoms with E-state index in [-0.39, 0.29) is 5.37 Å². The van der Waals surface area contributed by atoms with Crippen molar-refractivity contribution < 1.29 is 5.43 Å². The fourth-order valence-corrected chi connectivity index (χ4v) is 6.81. The van der Waals surface area contributed by atoms with Gasteiger partial charge in [0.15, 0.2) is 16.2 Å². The Balaban J connectivity index is 1.21. The Morgan fingerprint density at radius 1 is 0.512 bits per heavy atom. The number of rotatable bonds is 5. The molecule has 1 aromatic heterocycles. The van der Waals surface area contributed by atoms with Crippen LogP contribution in [0.15, 0.2) is 151 Å². The molecule has 1 unspecified atom stereocenters. The van der Waals surface area contributed by atoms with Gasteiger partial charge in [0.2, 0.25) is 0 Å². The van der Waals surface area contributed by atoms with Crippen molar-refractivity contribution in [1.29, 1.82) is 0 Å². The molecule has 0 radical (unpaired) electrons. The summed E-state index contributed by atoms with van der Waals surface area (Å²) in [6, 6.07) is 50.9. The van der Waals surface area contributed by atoms with Crippen LogP contribution in [0.4, 0.5) is 0 Å². The third-order valence-electron chi connectivity index (χ3n) is 7.94. The smallest absolute Gasteiger partial charge is 0.188 e. The third-order valence-corrected chi connectivity index (χ3v) is 9.16. The van der Waals surface area contributed by atoms with Crippen LogP contribution in [0.3, 0.4) is 0 Å². The molecule has 204 valence electrons. The summed E-state index contributed by atoms with van der Waals surface area (Å²) in [5.41, 5.74) is 9.42. The zero-order chi connectivity index (χ0) is 28.6. The van der Waals surface area contributed by atoms with Gasteiger partial charge in [-0.05, 0) is 39.4 Å². The molecule has 0 aliphatic carbocycles. The van der Waals surface area contributed by atoms with Gasteiger partial charge in [0, 0.05) is 27.8 Å². The van der Waals surface area contributed by atoms with E-state index >= 15 is 0 Å². The molecule has 5 heteroatoms. The van der Waals surface area contributed by atoms with Crippen LogP contribution in [-0.2, 0) is 0 Å². The standard InChI is InChI=1S/C38H26N4S/c1-2-12-28(13-3-1)37-41-42-38(43-37)29-22-20-27(21-23-29)34-24-35(32-18-8-14-25-10-4-6-16-30(25)32)40-36(39-34)33-19-9-15-26-11-5-7-17-31(26)33/h1-24,38,42H/p+1. The maximum atomic E-state index is 5.18. The summed E-state index contributed by atoms with van der Waals surface area (Å²) in [6.07, 6.45) is 0. The molecule has 1 atom stereocenters. The molecule has 0 saturated heterocycles. The second-order valence-corrected chi connectivity index (χ2v) is 11.8. The van der Waals surface area contributed by atoms with Crippen molar-refractivity contribution in [2.24, 2.45) is 5.10 Å². The van der Waals surface area contributed by atoms with Gasteiger partial charge in [-0.3, -0.25) is 0 Å². The van der Waals surface area contributed by atoms with Crippen LogP contribution in [-0.4, -0.2) is 15.0 Å². The fourth-order valence-electron chi connectivity index (χ4n) is 5.76. The number of thioether (sulfide) groups is 1. The summed E-state index contributed by atoms with van der Waals surface area (Å²) in [5.74, 6) is 0.724. The lowest BCUT2D eigenvalue weighted by Crippen LogP contribution is -2.76. The molecule has 6 aromatic carbocycles. The minimum absolute atomic E-state index is 0.187. The minimum atomic E-state index is 0.187. The summed E-state index contributed by atoms with van der Waals surface area (Å²) in [6.45, 7) is 0. The van der Waals surface area contributed by atoms with Crippen molar-refractivity contribution in [3.63, 3.8) is 0 Å². The van der Waals surface area contributed by atoms with E-state index in [2.05, 4.69) is 140 Å². The lowest BCUT2D eigenvalue weighted by molar-refractivity contribution is -0.676. The maximum Gasteiger partial charge on any atom is 0.188 e. The lowest BCUT2D eigenvalue weighted by Gasteiger charge is -2.13. The largest absolute Gasteiger partial charge is 0.228 e. The molecule has 0 spiro atoms. The van der Waals surface area contributed by atoms with Crippen LogP contribution in [0, 0.1) is 0 Å². The van der Waals surface area contributed by atoms with E-state index in [1.54, 1.807) is 11.8 Å². The third kappa shape index (κ3) is 4.89. The molecule has 43 heavy (non-hydrogen) atoms. The first-order valence-electron chi connectivity index (χ1n) is 14.4. The summed E-state index contributed by atoms with van der Waals surface area (Å²) < 4.78 is 0. The highest BCUT2D eigenvalue weighted by Crippen LogP contribution is 2.35. The van der Waals surface area contributed by atoms with E-state index in [0.29, 0.717) is 0 Å². The van der Waals surface area contributed by atoms with Gasteiger partial charge in [0.1, 0.15) is 0 Å². The molecule has 4 nitrogen and oxygen atoms in total. The molecule has 8 rings (SSSR count). The van der Waals surface area contributed by atoms with Gasteiger partial charge in [0.25, 0.3) is 0 Å².